The maximum Gasteiger partial charge on any atom is 0.257 e. The van der Waals surface area contributed by atoms with Crippen LogP contribution in [0.15, 0.2) is 16.7 Å². The molecule has 0 fully saturated rings. The minimum absolute atomic E-state index is 0.0184. The Morgan fingerprint density at radius 1 is 1.47 bits per heavy atom. The van der Waals surface area contributed by atoms with E-state index >= 15 is 0 Å². The van der Waals surface area contributed by atoms with E-state index in [1.807, 2.05) is 31.7 Å². The van der Waals surface area contributed by atoms with Gasteiger partial charge in [0.05, 0.1) is 5.56 Å². The summed E-state index contributed by atoms with van der Waals surface area (Å²) in [5, 5.41) is 3.21. The van der Waals surface area contributed by atoms with Crippen molar-refractivity contribution < 1.29 is 4.79 Å². The first kappa shape index (κ1) is 16.0. The van der Waals surface area contributed by atoms with Gasteiger partial charge in [0.15, 0.2) is 0 Å². The number of aromatic nitrogens is 1. The molecule has 1 amide bonds. The van der Waals surface area contributed by atoms with Crippen LogP contribution in [0.5, 0.6) is 0 Å². The average Bonchev–Trinajstić information content (AvgIpc) is 2.37. The fourth-order valence-electron chi connectivity index (χ4n) is 1.88. The lowest BCUT2D eigenvalue weighted by molar-refractivity contribution is 0.0717. The van der Waals surface area contributed by atoms with Crippen molar-refractivity contribution >= 4 is 27.7 Å². The number of pyridine rings is 1. The monoisotopic (exact) mass is 327 g/mol. The third kappa shape index (κ3) is 4.20. The van der Waals surface area contributed by atoms with Crippen LogP contribution in [0.1, 0.15) is 44.5 Å². The first-order valence-corrected chi connectivity index (χ1v) is 7.50. The van der Waals surface area contributed by atoms with E-state index in [9.17, 15) is 4.79 Å². The van der Waals surface area contributed by atoms with Crippen LogP contribution in [0.4, 0.5) is 5.82 Å². The molecule has 4 nitrogen and oxygen atoms in total. The molecule has 0 aliphatic rings. The summed E-state index contributed by atoms with van der Waals surface area (Å²) >= 11 is 3.38. The Labute approximate surface area is 123 Å². The van der Waals surface area contributed by atoms with Gasteiger partial charge in [-0.25, -0.2) is 4.98 Å². The zero-order valence-corrected chi connectivity index (χ0v) is 13.6. The van der Waals surface area contributed by atoms with Gasteiger partial charge in [-0.2, -0.15) is 0 Å². The van der Waals surface area contributed by atoms with Gasteiger partial charge >= 0.3 is 0 Å². The molecule has 0 spiro atoms. The molecule has 0 bridgehead atoms. The fraction of sp³-hybridized carbons (Fsp3) is 0.571. The maximum atomic E-state index is 12.6. The fourth-order valence-corrected chi connectivity index (χ4v) is 2.22. The number of hydrogen-bond donors (Lipinski definition) is 1. The van der Waals surface area contributed by atoms with Gasteiger partial charge in [-0.15, -0.1) is 0 Å². The van der Waals surface area contributed by atoms with Crippen molar-refractivity contribution in [3.05, 3.63) is 22.3 Å². The van der Waals surface area contributed by atoms with Gasteiger partial charge in [0.2, 0.25) is 0 Å². The minimum atomic E-state index is 0.0184. The van der Waals surface area contributed by atoms with E-state index in [1.165, 1.54) is 0 Å². The Morgan fingerprint density at radius 3 is 2.68 bits per heavy atom. The van der Waals surface area contributed by atoms with Gasteiger partial charge in [0.1, 0.15) is 5.82 Å². The predicted molar refractivity (Wildman–Crippen MR) is 82.6 cm³/mol. The van der Waals surface area contributed by atoms with Gasteiger partial charge in [0.25, 0.3) is 5.91 Å². The van der Waals surface area contributed by atoms with Crippen LogP contribution < -0.4 is 5.32 Å². The van der Waals surface area contributed by atoms with Crippen LogP contribution in [-0.4, -0.2) is 34.9 Å². The Kier molecular flexibility index (Phi) is 6.28. The van der Waals surface area contributed by atoms with Crippen molar-refractivity contribution in [2.24, 2.45) is 0 Å². The van der Waals surface area contributed by atoms with E-state index in [0.717, 1.165) is 17.4 Å². The lowest BCUT2D eigenvalue weighted by atomic mass is 10.2. The molecule has 106 valence electrons. The third-order valence-electron chi connectivity index (χ3n) is 2.85. The molecule has 1 N–H and O–H groups in total. The molecule has 1 aromatic rings. The molecule has 1 rings (SSSR count). The van der Waals surface area contributed by atoms with Gasteiger partial charge in [0, 0.05) is 29.8 Å². The zero-order chi connectivity index (χ0) is 14.4. The number of carbonyl (C=O) groups excluding carboxylic acids is 1. The normalized spacial score (nSPS) is 10.6. The molecule has 19 heavy (non-hydrogen) atoms. The van der Waals surface area contributed by atoms with E-state index in [-0.39, 0.29) is 11.9 Å². The summed E-state index contributed by atoms with van der Waals surface area (Å²) < 4.78 is 0.817. The number of amides is 1. The summed E-state index contributed by atoms with van der Waals surface area (Å²) in [6, 6.07) is 2.01. The average molecular weight is 328 g/mol. The zero-order valence-electron chi connectivity index (χ0n) is 12.0. The molecule has 1 aromatic heterocycles. The highest BCUT2D eigenvalue weighted by molar-refractivity contribution is 9.10. The molecule has 0 radical (unpaired) electrons. The lowest BCUT2D eigenvalue weighted by Crippen LogP contribution is -2.37. The highest BCUT2D eigenvalue weighted by Gasteiger charge is 2.21. The molecule has 0 aromatic carbocycles. The highest BCUT2D eigenvalue weighted by atomic mass is 79.9. The molecule has 0 unspecified atom stereocenters. The summed E-state index contributed by atoms with van der Waals surface area (Å²) in [5.74, 6) is 0.680. The van der Waals surface area contributed by atoms with Crippen LogP contribution in [0.25, 0.3) is 0 Å². The molecule has 5 heteroatoms. The van der Waals surface area contributed by atoms with Crippen molar-refractivity contribution in [1.29, 1.82) is 0 Å². The van der Waals surface area contributed by atoms with Gasteiger partial charge in [-0.05, 0) is 49.2 Å². The molecule has 0 saturated carbocycles. The maximum absolute atomic E-state index is 12.6. The van der Waals surface area contributed by atoms with E-state index in [2.05, 4.69) is 33.2 Å². The second-order valence-electron chi connectivity index (χ2n) is 4.66. The second kappa shape index (κ2) is 7.48. The van der Waals surface area contributed by atoms with Crippen LogP contribution >= 0.6 is 15.9 Å². The Hall–Kier alpha value is -1.10. The van der Waals surface area contributed by atoms with Crippen molar-refractivity contribution in [3.63, 3.8) is 0 Å². The van der Waals surface area contributed by atoms with Crippen molar-refractivity contribution in [2.45, 2.75) is 40.2 Å². The quantitative estimate of drug-likeness (QED) is 0.869. The summed E-state index contributed by atoms with van der Waals surface area (Å²) in [4.78, 5) is 18.7. The number of nitrogens with one attached hydrogen (secondary N) is 1. The van der Waals surface area contributed by atoms with E-state index in [1.54, 1.807) is 6.20 Å². The first-order chi connectivity index (χ1) is 9.01. The van der Waals surface area contributed by atoms with E-state index < -0.39 is 0 Å². The number of hydrogen-bond acceptors (Lipinski definition) is 3. The third-order valence-corrected chi connectivity index (χ3v) is 3.29. The van der Waals surface area contributed by atoms with Crippen molar-refractivity contribution in [2.75, 3.05) is 18.4 Å². The molecule has 0 aliphatic heterocycles. The topological polar surface area (TPSA) is 45.2 Å². The lowest BCUT2D eigenvalue weighted by Gasteiger charge is -2.26. The molecule has 1 heterocycles. The molecular formula is C14H22BrN3O. The molecule has 0 aliphatic carbocycles. The molecular weight excluding hydrogens is 306 g/mol. The molecule has 0 saturated heterocycles. The second-order valence-corrected chi connectivity index (χ2v) is 5.58. The first-order valence-electron chi connectivity index (χ1n) is 6.71. The Morgan fingerprint density at radius 2 is 2.16 bits per heavy atom. The Bertz CT molecular complexity index is 435. The SMILES string of the molecule is CCCNc1ncc(Br)cc1C(=O)N(CC)C(C)C. The van der Waals surface area contributed by atoms with Crippen LogP contribution in [0.3, 0.4) is 0 Å². The van der Waals surface area contributed by atoms with Crippen molar-refractivity contribution in [3.8, 4) is 0 Å². The van der Waals surface area contributed by atoms with Gasteiger partial charge < -0.3 is 10.2 Å². The van der Waals surface area contributed by atoms with E-state index in [0.29, 0.717) is 17.9 Å². The summed E-state index contributed by atoms with van der Waals surface area (Å²) in [7, 11) is 0. The summed E-state index contributed by atoms with van der Waals surface area (Å²) in [5.41, 5.74) is 0.623. The van der Waals surface area contributed by atoms with Crippen molar-refractivity contribution in [1.82, 2.24) is 9.88 Å². The van der Waals surface area contributed by atoms with Gasteiger partial charge in [-0.1, -0.05) is 6.92 Å². The van der Waals surface area contributed by atoms with E-state index in [4.69, 9.17) is 0 Å². The number of halogens is 1. The van der Waals surface area contributed by atoms with Gasteiger partial charge in [-0.3, -0.25) is 4.79 Å². The number of nitrogens with zero attached hydrogens (tertiary/aromatic N) is 2. The predicted octanol–water partition coefficient (Wildman–Crippen LogP) is 3.54. The highest BCUT2D eigenvalue weighted by Crippen LogP contribution is 2.20. The summed E-state index contributed by atoms with van der Waals surface area (Å²) in [6.45, 7) is 9.61. The Balaban J connectivity index is 3.08. The number of anilines is 1. The summed E-state index contributed by atoms with van der Waals surface area (Å²) in [6.07, 6.45) is 2.70. The smallest absolute Gasteiger partial charge is 0.257 e. The largest absolute Gasteiger partial charge is 0.369 e. The van der Waals surface area contributed by atoms with Crippen LogP contribution in [0.2, 0.25) is 0 Å². The number of carbonyl (C=O) groups is 1. The van der Waals surface area contributed by atoms with Crippen LogP contribution in [0, 0.1) is 0 Å². The number of rotatable bonds is 6. The minimum Gasteiger partial charge on any atom is -0.369 e. The molecule has 0 atom stereocenters. The van der Waals surface area contributed by atoms with Crippen LogP contribution in [-0.2, 0) is 0 Å². The standard InChI is InChI=1S/C14H22BrN3O/c1-5-7-16-13-12(8-11(15)9-17-13)14(19)18(6-2)10(3)4/h8-10H,5-7H2,1-4H3,(H,16,17).